The summed E-state index contributed by atoms with van der Waals surface area (Å²) in [5.74, 6) is 5.27. The van der Waals surface area contributed by atoms with E-state index in [4.69, 9.17) is 16.3 Å². The summed E-state index contributed by atoms with van der Waals surface area (Å²) in [6.07, 6.45) is 2.12. The number of hydrogen-bond acceptors (Lipinski definition) is 4. The van der Waals surface area contributed by atoms with Crippen LogP contribution in [0.1, 0.15) is 43.0 Å². The zero-order valence-electron chi connectivity index (χ0n) is 20.6. The first-order chi connectivity index (χ1) is 17.8. The molecule has 1 fully saturated rings. The molecule has 0 aliphatic carbocycles. The highest BCUT2D eigenvalue weighted by molar-refractivity contribution is 6.30. The number of aliphatic carboxylic acids is 1. The number of alkyl halides is 1. The molecule has 37 heavy (non-hydrogen) atoms. The molecule has 2 aromatic carbocycles. The summed E-state index contributed by atoms with van der Waals surface area (Å²) in [7, 11) is 1.57. The number of halogens is 3. The Kier molecular flexibility index (Phi) is 8.96. The van der Waals surface area contributed by atoms with E-state index in [-0.39, 0.29) is 23.3 Å². The molecule has 1 saturated heterocycles. The van der Waals surface area contributed by atoms with Crippen LogP contribution in [0.2, 0.25) is 5.02 Å². The largest absolute Gasteiger partial charge is 0.497 e. The van der Waals surface area contributed by atoms with E-state index in [2.05, 4.69) is 21.7 Å². The predicted molar refractivity (Wildman–Crippen MR) is 140 cm³/mol. The van der Waals surface area contributed by atoms with E-state index in [1.54, 1.807) is 37.6 Å². The van der Waals surface area contributed by atoms with Crippen LogP contribution in [-0.4, -0.2) is 47.7 Å². The fraction of sp³-hybridized carbons (Fsp3) is 0.379. The van der Waals surface area contributed by atoms with Gasteiger partial charge in [0.15, 0.2) is 0 Å². The third-order valence-corrected chi connectivity index (χ3v) is 7.28. The molecule has 3 atom stereocenters. The summed E-state index contributed by atoms with van der Waals surface area (Å²) in [6.45, 7) is 1.77. The summed E-state index contributed by atoms with van der Waals surface area (Å²) in [4.78, 5) is 18.0. The lowest BCUT2D eigenvalue weighted by molar-refractivity contribution is -0.139. The molecule has 1 N–H and O–H groups in total. The van der Waals surface area contributed by atoms with Crippen LogP contribution < -0.4 is 4.74 Å². The molecule has 1 aromatic heterocycles. The zero-order valence-corrected chi connectivity index (χ0v) is 21.3. The molecule has 0 unspecified atom stereocenters. The number of piperidine rings is 1. The monoisotopic (exact) mass is 526 g/mol. The molecule has 5 nitrogen and oxygen atoms in total. The Bertz CT molecular complexity index is 1320. The number of benzene rings is 2. The predicted octanol–water partition coefficient (Wildman–Crippen LogP) is 6.29. The third kappa shape index (κ3) is 6.97. The van der Waals surface area contributed by atoms with Crippen LogP contribution in [0.15, 0.2) is 48.7 Å². The molecule has 1 aliphatic rings. The van der Waals surface area contributed by atoms with Gasteiger partial charge in [0.25, 0.3) is 0 Å². The quantitative estimate of drug-likeness (QED) is 0.349. The van der Waals surface area contributed by atoms with E-state index in [1.165, 1.54) is 12.1 Å². The van der Waals surface area contributed by atoms with Gasteiger partial charge in [-0.3, -0.25) is 14.7 Å². The molecule has 0 spiro atoms. The number of carbonyl (C=O) groups is 1. The number of likely N-dealkylation sites (tertiary alicyclic amines) is 1. The minimum Gasteiger partial charge on any atom is -0.497 e. The summed E-state index contributed by atoms with van der Waals surface area (Å²) in [5, 5.41) is 10.3. The van der Waals surface area contributed by atoms with E-state index in [0.29, 0.717) is 48.3 Å². The Morgan fingerprint density at radius 1 is 1.27 bits per heavy atom. The van der Waals surface area contributed by atoms with Gasteiger partial charge in [-0.2, -0.15) is 0 Å². The number of fused-ring (bicyclic) bond motifs is 1. The number of nitrogens with zero attached hydrogens (tertiary/aromatic N) is 2. The van der Waals surface area contributed by atoms with Crippen molar-refractivity contribution in [2.45, 2.75) is 31.9 Å². The fourth-order valence-electron chi connectivity index (χ4n) is 5.03. The zero-order chi connectivity index (χ0) is 26.4. The first kappa shape index (κ1) is 26.8. The molecule has 3 aromatic rings. The SMILES string of the molecule is COc1ccc2nccc([C@H](F)CC[C@@H]3CCN(CC#Cc4ccc(Cl)c(F)c4)C[C@@H]3CC(=O)O)c2c1. The van der Waals surface area contributed by atoms with Crippen molar-refractivity contribution >= 4 is 28.5 Å². The number of aromatic nitrogens is 1. The molecule has 1 aliphatic heterocycles. The topological polar surface area (TPSA) is 62.7 Å². The van der Waals surface area contributed by atoms with E-state index in [1.807, 2.05) is 6.07 Å². The first-order valence-corrected chi connectivity index (χ1v) is 12.7. The van der Waals surface area contributed by atoms with Crippen molar-refractivity contribution in [1.29, 1.82) is 0 Å². The average molecular weight is 527 g/mol. The summed E-state index contributed by atoms with van der Waals surface area (Å²) < 4.78 is 34.4. The van der Waals surface area contributed by atoms with Gasteiger partial charge in [-0.1, -0.05) is 23.4 Å². The van der Waals surface area contributed by atoms with Gasteiger partial charge in [0.1, 0.15) is 17.7 Å². The lowest BCUT2D eigenvalue weighted by atomic mass is 9.79. The smallest absolute Gasteiger partial charge is 0.303 e. The van der Waals surface area contributed by atoms with Crippen molar-refractivity contribution in [2.24, 2.45) is 11.8 Å². The second kappa shape index (κ2) is 12.4. The maximum atomic E-state index is 15.5. The van der Waals surface area contributed by atoms with Gasteiger partial charge in [0, 0.05) is 30.1 Å². The standard InChI is InChI=1S/C29H29ClF2N2O3/c1-37-22-6-9-28-24(17-22)23(10-12-33-28)26(31)8-5-20-11-14-34(18-21(20)16-29(35)36)13-2-3-19-4-7-25(30)27(32)15-19/h4,6-7,9-10,12,15,17,20-21,26H,5,8,11,13-14,16,18H2,1H3,(H,35,36)/t20-,21+,26-/m1/s1. The van der Waals surface area contributed by atoms with E-state index in [9.17, 15) is 14.3 Å². The van der Waals surface area contributed by atoms with Gasteiger partial charge < -0.3 is 9.84 Å². The Hall–Kier alpha value is -3.21. The second-order valence-electron chi connectivity index (χ2n) is 9.40. The molecular formula is C29H29ClF2N2O3. The molecule has 0 radical (unpaired) electrons. The van der Waals surface area contributed by atoms with Gasteiger partial charge in [0.05, 0.1) is 24.2 Å². The van der Waals surface area contributed by atoms with Crippen LogP contribution in [0, 0.1) is 29.5 Å². The number of rotatable bonds is 8. The highest BCUT2D eigenvalue weighted by Gasteiger charge is 2.31. The third-order valence-electron chi connectivity index (χ3n) is 6.98. The van der Waals surface area contributed by atoms with E-state index >= 15 is 4.39 Å². The van der Waals surface area contributed by atoms with Gasteiger partial charge in [0.2, 0.25) is 0 Å². The molecule has 194 valence electrons. The van der Waals surface area contributed by atoms with Crippen molar-refractivity contribution in [2.75, 3.05) is 26.7 Å². The summed E-state index contributed by atoms with van der Waals surface area (Å²) in [5.41, 5.74) is 1.82. The lowest BCUT2D eigenvalue weighted by Gasteiger charge is -2.37. The van der Waals surface area contributed by atoms with E-state index in [0.717, 1.165) is 18.4 Å². The maximum Gasteiger partial charge on any atom is 0.303 e. The number of methoxy groups -OCH3 is 1. The van der Waals surface area contributed by atoms with Gasteiger partial charge >= 0.3 is 5.97 Å². The second-order valence-corrected chi connectivity index (χ2v) is 9.81. The van der Waals surface area contributed by atoms with Crippen LogP contribution >= 0.6 is 11.6 Å². The molecular weight excluding hydrogens is 498 g/mol. The van der Waals surface area contributed by atoms with Gasteiger partial charge in [-0.05, 0) is 85.7 Å². The number of hydrogen-bond donors (Lipinski definition) is 1. The number of pyridine rings is 1. The Morgan fingerprint density at radius 2 is 2.11 bits per heavy atom. The molecule has 2 heterocycles. The number of carboxylic acid groups (broad SMARTS) is 1. The van der Waals surface area contributed by atoms with E-state index < -0.39 is 18.0 Å². The van der Waals surface area contributed by atoms with Crippen molar-refractivity contribution in [1.82, 2.24) is 9.88 Å². The van der Waals surface area contributed by atoms with Crippen LogP contribution in [0.5, 0.6) is 5.75 Å². The molecule has 4 rings (SSSR count). The normalized spacial score (nSPS) is 18.7. The van der Waals surface area contributed by atoms with Crippen LogP contribution in [0.25, 0.3) is 10.9 Å². The van der Waals surface area contributed by atoms with Crippen molar-refractivity contribution in [3.63, 3.8) is 0 Å². The number of carboxylic acids is 1. The fourth-order valence-corrected chi connectivity index (χ4v) is 5.14. The van der Waals surface area contributed by atoms with Crippen LogP contribution in [0.3, 0.4) is 0 Å². The molecule has 0 amide bonds. The summed E-state index contributed by atoms with van der Waals surface area (Å²) in [6, 6.07) is 11.5. The van der Waals surface area contributed by atoms with Gasteiger partial charge in [-0.15, -0.1) is 0 Å². The van der Waals surface area contributed by atoms with Crippen LogP contribution in [0.4, 0.5) is 8.78 Å². The minimum atomic E-state index is -1.19. The van der Waals surface area contributed by atoms with Crippen LogP contribution in [-0.2, 0) is 4.79 Å². The Balaban J connectivity index is 1.39. The maximum absolute atomic E-state index is 15.5. The molecule has 0 saturated carbocycles. The van der Waals surface area contributed by atoms with Gasteiger partial charge in [-0.25, -0.2) is 8.78 Å². The average Bonchev–Trinajstić information content (AvgIpc) is 2.89. The summed E-state index contributed by atoms with van der Waals surface area (Å²) >= 11 is 5.71. The first-order valence-electron chi connectivity index (χ1n) is 12.3. The van der Waals surface area contributed by atoms with Crippen molar-refractivity contribution in [3.8, 4) is 17.6 Å². The molecule has 8 heteroatoms. The Labute approximate surface area is 220 Å². The lowest BCUT2D eigenvalue weighted by Crippen LogP contribution is -2.41. The highest BCUT2D eigenvalue weighted by Crippen LogP contribution is 2.36. The molecule has 0 bridgehead atoms. The number of ether oxygens (including phenoxy) is 1. The minimum absolute atomic E-state index is 0.0311. The highest BCUT2D eigenvalue weighted by atomic mass is 35.5. The Morgan fingerprint density at radius 3 is 2.86 bits per heavy atom. The van der Waals surface area contributed by atoms with Crippen molar-refractivity contribution < 1.29 is 23.4 Å². The van der Waals surface area contributed by atoms with Crippen molar-refractivity contribution in [3.05, 3.63) is 70.6 Å².